The second-order valence-corrected chi connectivity index (χ2v) is 7.71. The van der Waals surface area contributed by atoms with Crippen LogP contribution in [-0.2, 0) is 19.6 Å². The topological polar surface area (TPSA) is 65.7 Å². The molecule has 1 heterocycles. The summed E-state index contributed by atoms with van der Waals surface area (Å²) >= 11 is 0. The molecule has 3 rings (SSSR count). The van der Waals surface area contributed by atoms with Gasteiger partial charge in [-0.2, -0.15) is 0 Å². The lowest BCUT2D eigenvalue weighted by Gasteiger charge is -2.14. The zero-order chi connectivity index (χ0) is 22.1. The van der Waals surface area contributed by atoms with Crippen LogP contribution in [-0.4, -0.2) is 36.0 Å². The minimum Gasteiger partial charge on any atom is -0.444 e. The van der Waals surface area contributed by atoms with E-state index in [1.165, 1.54) is 16.7 Å². The molecular formula is C25H33N5O. The largest absolute Gasteiger partial charge is 0.444 e. The zero-order valence-electron chi connectivity index (χ0n) is 19.0. The van der Waals surface area contributed by atoms with Crippen molar-refractivity contribution in [2.75, 3.05) is 20.1 Å². The van der Waals surface area contributed by atoms with Crippen molar-refractivity contribution in [2.24, 2.45) is 4.99 Å². The number of rotatable bonds is 9. The number of nitrogens with one attached hydrogen (secondary N) is 2. The first-order valence-electron chi connectivity index (χ1n) is 10.9. The summed E-state index contributed by atoms with van der Waals surface area (Å²) in [6, 6.07) is 16.8. The second-order valence-electron chi connectivity index (χ2n) is 7.71. The standard InChI is InChI=1S/C25H33N5O/c1-5-26-25(27-15-20-8-7-9-21(14-20)17-30(4)6-2)28-16-23-18-31-24(29-23)22-12-10-19(3)11-13-22/h7-14,18H,5-6,15-17H2,1-4H3,(H2,26,27,28). The van der Waals surface area contributed by atoms with Gasteiger partial charge in [-0.1, -0.05) is 48.9 Å². The quantitative estimate of drug-likeness (QED) is 0.399. The van der Waals surface area contributed by atoms with Gasteiger partial charge in [-0.15, -0.1) is 0 Å². The van der Waals surface area contributed by atoms with Gasteiger partial charge in [0.2, 0.25) is 5.89 Å². The number of aliphatic imine (C=N–C) groups is 1. The van der Waals surface area contributed by atoms with Crippen LogP contribution in [0.3, 0.4) is 0 Å². The Balaban J connectivity index is 1.60. The van der Waals surface area contributed by atoms with E-state index < -0.39 is 0 Å². The van der Waals surface area contributed by atoms with Crippen molar-refractivity contribution in [1.29, 1.82) is 0 Å². The third kappa shape index (κ3) is 6.96. The maximum atomic E-state index is 5.65. The Kier molecular flexibility index (Phi) is 8.24. The monoisotopic (exact) mass is 419 g/mol. The van der Waals surface area contributed by atoms with Gasteiger partial charge in [0.1, 0.15) is 6.26 Å². The van der Waals surface area contributed by atoms with E-state index in [2.05, 4.69) is 84.7 Å². The number of hydrogen-bond acceptors (Lipinski definition) is 4. The van der Waals surface area contributed by atoms with E-state index in [0.29, 0.717) is 19.0 Å². The molecule has 0 saturated carbocycles. The molecule has 6 nitrogen and oxygen atoms in total. The number of hydrogen-bond donors (Lipinski definition) is 2. The van der Waals surface area contributed by atoms with Crippen LogP contribution in [0, 0.1) is 6.92 Å². The Hall–Kier alpha value is -3.12. The van der Waals surface area contributed by atoms with Gasteiger partial charge in [-0.3, -0.25) is 0 Å². The van der Waals surface area contributed by atoms with Gasteiger partial charge in [0.15, 0.2) is 5.96 Å². The van der Waals surface area contributed by atoms with Gasteiger partial charge in [-0.05, 0) is 50.7 Å². The smallest absolute Gasteiger partial charge is 0.226 e. The van der Waals surface area contributed by atoms with Crippen molar-refractivity contribution in [2.45, 2.75) is 40.4 Å². The first-order valence-corrected chi connectivity index (χ1v) is 10.9. The predicted octanol–water partition coefficient (Wildman–Crippen LogP) is 4.36. The average molecular weight is 420 g/mol. The Labute approximate surface area is 185 Å². The van der Waals surface area contributed by atoms with E-state index in [9.17, 15) is 0 Å². The molecule has 0 bridgehead atoms. The highest BCUT2D eigenvalue weighted by Gasteiger charge is 2.07. The van der Waals surface area contributed by atoms with Crippen LogP contribution in [0.2, 0.25) is 0 Å². The molecule has 0 aliphatic carbocycles. The van der Waals surface area contributed by atoms with Crippen molar-refractivity contribution in [1.82, 2.24) is 20.5 Å². The fourth-order valence-electron chi connectivity index (χ4n) is 3.15. The molecule has 0 atom stereocenters. The van der Waals surface area contributed by atoms with E-state index in [0.717, 1.165) is 36.9 Å². The maximum absolute atomic E-state index is 5.65. The van der Waals surface area contributed by atoms with Crippen LogP contribution < -0.4 is 10.6 Å². The normalized spacial score (nSPS) is 11.7. The van der Waals surface area contributed by atoms with Crippen molar-refractivity contribution in [3.8, 4) is 11.5 Å². The fraction of sp³-hybridized carbons (Fsp3) is 0.360. The molecule has 0 unspecified atom stereocenters. The van der Waals surface area contributed by atoms with Gasteiger partial charge < -0.3 is 20.0 Å². The van der Waals surface area contributed by atoms with Crippen LogP contribution in [0.5, 0.6) is 0 Å². The first kappa shape index (κ1) is 22.6. The molecule has 0 saturated heterocycles. The summed E-state index contributed by atoms with van der Waals surface area (Å²) in [6.07, 6.45) is 1.69. The van der Waals surface area contributed by atoms with Crippen molar-refractivity contribution < 1.29 is 4.42 Å². The molecule has 2 aromatic carbocycles. The van der Waals surface area contributed by atoms with E-state index >= 15 is 0 Å². The molecule has 31 heavy (non-hydrogen) atoms. The van der Waals surface area contributed by atoms with Crippen LogP contribution in [0.25, 0.3) is 11.5 Å². The molecule has 6 heteroatoms. The van der Waals surface area contributed by atoms with Gasteiger partial charge in [0.05, 0.1) is 18.8 Å². The zero-order valence-corrected chi connectivity index (χ0v) is 19.0. The second kappa shape index (κ2) is 11.3. The summed E-state index contributed by atoms with van der Waals surface area (Å²) in [6.45, 7) is 10.2. The molecule has 1 aromatic heterocycles. The third-order valence-electron chi connectivity index (χ3n) is 5.03. The van der Waals surface area contributed by atoms with Gasteiger partial charge in [-0.25, -0.2) is 9.98 Å². The Morgan fingerprint density at radius 1 is 1.06 bits per heavy atom. The Morgan fingerprint density at radius 3 is 2.58 bits per heavy atom. The molecule has 3 aromatic rings. The van der Waals surface area contributed by atoms with E-state index in [-0.39, 0.29) is 0 Å². The predicted molar refractivity (Wildman–Crippen MR) is 127 cm³/mol. The average Bonchev–Trinajstić information content (AvgIpc) is 3.25. The summed E-state index contributed by atoms with van der Waals surface area (Å²) in [4.78, 5) is 11.6. The van der Waals surface area contributed by atoms with E-state index in [4.69, 9.17) is 9.41 Å². The fourth-order valence-corrected chi connectivity index (χ4v) is 3.15. The number of aryl methyl sites for hydroxylation is 1. The van der Waals surface area contributed by atoms with Gasteiger partial charge >= 0.3 is 0 Å². The summed E-state index contributed by atoms with van der Waals surface area (Å²) in [7, 11) is 2.13. The highest BCUT2D eigenvalue weighted by atomic mass is 16.3. The van der Waals surface area contributed by atoms with E-state index in [1.54, 1.807) is 6.26 Å². The number of aromatic nitrogens is 1. The SMILES string of the molecule is CCNC(=NCc1cccc(CN(C)CC)c1)NCc1coc(-c2ccc(C)cc2)n1. The lowest BCUT2D eigenvalue weighted by Crippen LogP contribution is -2.36. The number of oxazole rings is 1. The first-order chi connectivity index (χ1) is 15.1. The number of nitrogens with zero attached hydrogens (tertiary/aromatic N) is 3. The van der Waals surface area contributed by atoms with Crippen molar-refractivity contribution in [3.63, 3.8) is 0 Å². The molecule has 0 amide bonds. The lowest BCUT2D eigenvalue weighted by molar-refractivity contribution is 0.345. The summed E-state index contributed by atoms with van der Waals surface area (Å²) in [5.41, 5.74) is 5.53. The number of benzene rings is 2. The third-order valence-corrected chi connectivity index (χ3v) is 5.03. The Morgan fingerprint density at radius 2 is 1.84 bits per heavy atom. The minimum absolute atomic E-state index is 0.544. The molecule has 0 radical (unpaired) electrons. The van der Waals surface area contributed by atoms with Crippen molar-refractivity contribution in [3.05, 3.63) is 77.2 Å². The highest BCUT2D eigenvalue weighted by molar-refractivity contribution is 5.79. The van der Waals surface area contributed by atoms with Crippen LogP contribution in [0.1, 0.15) is 36.2 Å². The molecule has 0 aliphatic rings. The number of guanidine groups is 1. The molecule has 2 N–H and O–H groups in total. The maximum Gasteiger partial charge on any atom is 0.226 e. The molecule has 0 fully saturated rings. The van der Waals surface area contributed by atoms with Crippen LogP contribution in [0.15, 0.2) is 64.2 Å². The van der Waals surface area contributed by atoms with Crippen LogP contribution in [0.4, 0.5) is 0 Å². The van der Waals surface area contributed by atoms with Gasteiger partial charge in [0, 0.05) is 18.7 Å². The summed E-state index contributed by atoms with van der Waals surface area (Å²) in [5, 5.41) is 6.64. The molecular weight excluding hydrogens is 386 g/mol. The van der Waals surface area contributed by atoms with Crippen LogP contribution >= 0.6 is 0 Å². The lowest BCUT2D eigenvalue weighted by atomic mass is 10.1. The molecule has 164 valence electrons. The molecule has 0 aliphatic heterocycles. The van der Waals surface area contributed by atoms with Gasteiger partial charge in [0.25, 0.3) is 0 Å². The minimum atomic E-state index is 0.544. The van der Waals surface area contributed by atoms with Crippen molar-refractivity contribution >= 4 is 5.96 Å². The summed E-state index contributed by atoms with van der Waals surface area (Å²) in [5.74, 6) is 1.39. The Bertz CT molecular complexity index is 978. The highest BCUT2D eigenvalue weighted by Crippen LogP contribution is 2.19. The molecule has 0 spiro atoms. The van der Waals surface area contributed by atoms with E-state index in [1.807, 2.05) is 12.1 Å². The summed E-state index contributed by atoms with van der Waals surface area (Å²) < 4.78 is 5.65.